The second-order valence-corrected chi connectivity index (χ2v) is 6.25. The number of hydrogen-bond donors (Lipinski definition) is 1. The molecule has 80 valence electrons. The van der Waals surface area contributed by atoms with Gasteiger partial charge in [0, 0.05) is 4.70 Å². The van der Waals surface area contributed by atoms with E-state index in [-0.39, 0.29) is 5.75 Å². The van der Waals surface area contributed by atoms with Crippen LogP contribution >= 0.6 is 11.3 Å². The van der Waals surface area contributed by atoms with Gasteiger partial charge in [-0.2, -0.15) is 0 Å². The van der Waals surface area contributed by atoms with E-state index >= 15 is 0 Å². The van der Waals surface area contributed by atoms with Crippen LogP contribution in [0.15, 0.2) is 30.3 Å². The third-order valence-corrected chi connectivity index (χ3v) is 4.51. The normalized spacial score (nSPS) is 11.8. The van der Waals surface area contributed by atoms with Crippen molar-refractivity contribution >= 4 is 36.4 Å². The van der Waals surface area contributed by atoms with Crippen LogP contribution in [0.25, 0.3) is 10.1 Å². The Balaban J connectivity index is 2.38. The first-order valence-corrected chi connectivity index (χ1v) is 7.06. The van der Waals surface area contributed by atoms with Gasteiger partial charge in [-0.25, -0.2) is 8.42 Å². The van der Waals surface area contributed by atoms with Crippen LogP contribution in [0.3, 0.4) is 0 Å². The molecule has 1 aromatic heterocycles. The summed E-state index contributed by atoms with van der Waals surface area (Å²) in [4.78, 5) is 0. The Morgan fingerprint density at radius 1 is 1.33 bits per heavy atom. The highest BCUT2D eigenvalue weighted by molar-refractivity contribution is 7.92. The lowest BCUT2D eigenvalue weighted by molar-refractivity contribution is 0.602. The van der Waals surface area contributed by atoms with Gasteiger partial charge in [0.2, 0.25) is 10.0 Å². The molecule has 5 heteroatoms. The zero-order valence-electron chi connectivity index (χ0n) is 8.23. The van der Waals surface area contributed by atoms with E-state index in [1.165, 1.54) is 11.3 Å². The van der Waals surface area contributed by atoms with Gasteiger partial charge in [0.05, 0.1) is 5.75 Å². The Morgan fingerprint density at radius 2 is 2.07 bits per heavy atom. The minimum Gasteiger partial charge on any atom is -0.274 e. The Bertz CT molecular complexity index is 539. The highest BCUT2D eigenvalue weighted by atomic mass is 32.2. The van der Waals surface area contributed by atoms with Gasteiger partial charge < -0.3 is 0 Å². The van der Waals surface area contributed by atoms with Crippen molar-refractivity contribution in [3.8, 4) is 0 Å². The molecule has 0 bridgehead atoms. The zero-order valence-corrected chi connectivity index (χ0v) is 9.86. The maximum Gasteiger partial charge on any atom is 0.233 e. The first kappa shape index (κ1) is 10.4. The number of sulfonamides is 1. The fourth-order valence-electron chi connectivity index (χ4n) is 1.26. The lowest BCUT2D eigenvalue weighted by atomic mass is 10.3. The van der Waals surface area contributed by atoms with Crippen LogP contribution in [0.2, 0.25) is 0 Å². The largest absolute Gasteiger partial charge is 0.274 e. The van der Waals surface area contributed by atoms with Crippen molar-refractivity contribution in [3.63, 3.8) is 0 Å². The number of thiophene rings is 1. The summed E-state index contributed by atoms with van der Waals surface area (Å²) in [5.74, 6) is 0.0985. The average Bonchev–Trinajstić information content (AvgIpc) is 2.58. The maximum atomic E-state index is 11.3. The SMILES string of the molecule is CCS(=O)(=O)Nc1cc2ccccc2s1. The van der Waals surface area contributed by atoms with Crippen molar-refractivity contribution in [1.29, 1.82) is 0 Å². The Morgan fingerprint density at radius 3 is 2.73 bits per heavy atom. The van der Waals surface area contributed by atoms with Gasteiger partial charge in [-0.1, -0.05) is 18.2 Å². The van der Waals surface area contributed by atoms with E-state index in [1.54, 1.807) is 6.92 Å². The van der Waals surface area contributed by atoms with Crippen LogP contribution in [0.1, 0.15) is 6.92 Å². The molecule has 1 aromatic carbocycles. The molecule has 0 aliphatic carbocycles. The molecule has 1 N–H and O–H groups in total. The van der Waals surface area contributed by atoms with E-state index in [4.69, 9.17) is 0 Å². The Labute approximate surface area is 92.8 Å². The van der Waals surface area contributed by atoms with Crippen LogP contribution in [-0.4, -0.2) is 14.2 Å². The van der Waals surface area contributed by atoms with Crippen LogP contribution in [-0.2, 0) is 10.0 Å². The summed E-state index contributed by atoms with van der Waals surface area (Å²) in [7, 11) is -3.16. The molecule has 0 aliphatic rings. The van der Waals surface area contributed by atoms with Gasteiger partial charge in [0.15, 0.2) is 0 Å². The number of fused-ring (bicyclic) bond motifs is 1. The Hall–Kier alpha value is -1.07. The first-order chi connectivity index (χ1) is 7.11. The molecule has 15 heavy (non-hydrogen) atoms. The molecule has 0 radical (unpaired) electrons. The van der Waals surface area contributed by atoms with Crippen molar-refractivity contribution in [2.75, 3.05) is 10.5 Å². The second-order valence-electron chi connectivity index (χ2n) is 3.15. The van der Waals surface area contributed by atoms with Crippen LogP contribution in [0.4, 0.5) is 5.00 Å². The van der Waals surface area contributed by atoms with Gasteiger partial charge >= 0.3 is 0 Å². The molecule has 3 nitrogen and oxygen atoms in total. The predicted molar refractivity (Wildman–Crippen MR) is 64.9 cm³/mol. The molecule has 0 aliphatic heterocycles. The third-order valence-electron chi connectivity index (χ3n) is 2.06. The summed E-state index contributed by atoms with van der Waals surface area (Å²) in [6.45, 7) is 1.62. The zero-order chi connectivity index (χ0) is 10.9. The summed E-state index contributed by atoms with van der Waals surface area (Å²) >= 11 is 1.45. The summed E-state index contributed by atoms with van der Waals surface area (Å²) in [6, 6.07) is 9.68. The topological polar surface area (TPSA) is 46.2 Å². The van der Waals surface area contributed by atoms with Crippen molar-refractivity contribution in [3.05, 3.63) is 30.3 Å². The second kappa shape index (κ2) is 3.83. The standard InChI is InChI=1S/C10H11NO2S2/c1-2-15(12,13)11-10-7-8-5-3-4-6-9(8)14-10/h3-7,11H,2H2,1H3. The van der Waals surface area contributed by atoms with E-state index in [9.17, 15) is 8.42 Å². The number of anilines is 1. The summed E-state index contributed by atoms with van der Waals surface area (Å²) < 4.78 is 26.3. The van der Waals surface area contributed by atoms with Crippen LogP contribution in [0.5, 0.6) is 0 Å². The monoisotopic (exact) mass is 241 g/mol. The van der Waals surface area contributed by atoms with E-state index in [1.807, 2.05) is 30.3 Å². The van der Waals surface area contributed by atoms with Gasteiger partial charge in [-0.15, -0.1) is 11.3 Å². The third kappa shape index (κ3) is 2.30. The fraction of sp³-hybridized carbons (Fsp3) is 0.200. The summed E-state index contributed by atoms with van der Waals surface area (Å²) in [5, 5.41) is 1.74. The number of rotatable bonds is 3. The lowest BCUT2D eigenvalue weighted by Gasteiger charge is -2.00. The van der Waals surface area contributed by atoms with Gasteiger partial charge in [-0.05, 0) is 24.4 Å². The van der Waals surface area contributed by atoms with Crippen molar-refractivity contribution < 1.29 is 8.42 Å². The molecule has 2 aromatic rings. The fourth-order valence-corrected chi connectivity index (χ4v) is 3.13. The van der Waals surface area contributed by atoms with Gasteiger partial charge in [0.1, 0.15) is 5.00 Å². The molecular weight excluding hydrogens is 230 g/mol. The highest BCUT2D eigenvalue weighted by Crippen LogP contribution is 2.29. The minimum atomic E-state index is -3.16. The van der Waals surface area contributed by atoms with Crippen molar-refractivity contribution in [1.82, 2.24) is 0 Å². The molecule has 0 unspecified atom stereocenters. The molecule has 0 amide bonds. The smallest absolute Gasteiger partial charge is 0.233 e. The molecule has 1 heterocycles. The first-order valence-electron chi connectivity index (χ1n) is 4.60. The molecule has 0 saturated heterocycles. The average molecular weight is 241 g/mol. The summed E-state index contributed by atoms with van der Waals surface area (Å²) in [5.41, 5.74) is 0. The van der Waals surface area contributed by atoms with Crippen LogP contribution < -0.4 is 4.72 Å². The predicted octanol–water partition coefficient (Wildman–Crippen LogP) is 2.66. The molecule has 2 rings (SSSR count). The van der Waals surface area contributed by atoms with E-state index in [0.717, 1.165) is 10.1 Å². The number of nitrogens with one attached hydrogen (secondary N) is 1. The molecule has 0 fully saturated rings. The molecule has 0 spiro atoms. The lowest BCUT2D eigenvalue weighted by Crippen LogP contribution is -2.13. The van der Waals surface area contributed by atoms with Crippen molar-refractivity contribution in [2.45, 2.75) is 6.92 Å². The number of benzene rings is 1. The molecular formula is C10H11NO2S2. The van der Waals surface area contributed by atoms with Gasteiger partial charge in [-0.3, -0.25) is 4.72 Å². The minimum absolute atomic E-state index is 0.0985. The van der Waals surface area contributed by atoms with E-state index < -0.39 is 10.0 Å². The quantitative estimate of drug-likeness (QED) is 0.898. The van der Waals surface area contributed by atoms with E-state index in [0.29, 0.717) is 5.00 Å². The van der Waals surface area contributed by atoms with Crippen molar-refractivity contribution in [2.24, 2.45) is 0 Å². The highest BCUT2D eigenvalue weighted by Gasteiger charge is 2.08. The summed E-state index contributed by atoms with van der Waals surface area (Å²) in [6.07, 6.45) is 0. The molecule has 0 atom stereocenters. The molecule has 0 saturated carbocycles. The Kier molecular flexibility index (Phi) is 2.67. The van der Waals surface area contributed by atoms with E-state index in [2.05, 4.69) is 4.72 Å². The maximum absolute atomic E-state index is 11.3. The van der Waals surface area contributed by atoms with Crippen LogP contribution in [0, 0.1) is 0 Å². The van der Waals surface area contributed by atoms with Gasteiger partial charge in [0.25, 0.3) is 0 Å². The number of hydrogen-bond acceptors (Lipinski definition) is 3.